The highest BCUT2D eigenvalue weighted by Crippen LogP contribution is 2.30. The molecular formula is C28H29ClF2N4O2. The van der Waals surface area contributed by atoms with Crippen LogP contribution in [0.4, 0.5) is 14.6 Å². The quantitative estimate of drug-likeness (QED) is 0.409. The molecule has 3 aromatic rings. The topological polar surface area (TPSA) is 71.7 Å². The standard InChI is InChI=1S/C28H29ClF2N4O2/c29-26-22(23(30)9-10-24(26)31)17-37-25-14-20(15-33-27(25)32)18-5-7-19(8-6-18)28(36)35-13-3-4-21(35)16-34-11-1-2-12-34/h5-10,14-15,21H,1-4,11-13,16-17H2,(H2,32,33). The van der Waals surface area contributed by atoms with E-state index >= 15 is 0 Å². The Morgan fingerprint density at radius 2 is 1.76 bits per heavy atom. The maximum Gasteiger partial charge on any atom is 0.254 e. The SMILES string of the molecule is Nc1ncc(-c2ccc(C(=O)N3CCCC3CN3CCCC3)cc2)cc1OCc1c(F)ccc(F)c1Cl. The fraction of sp³-hybridized carbons (Fsp3) is 0.357. The van der Waals surface area contributed by atoms with Gasteiger partial charge in [-0.25, -0.2) is 13.8 Å². The second-order valence-electron chi connectivity index (χ2n) is 9.60. The number of carbonyl (C=O) groups excluding carboxylic acids is 1. The summed E-state index contributed by atoms with van der Waals surface area (Å²) >= 11 is 5.90. The average molecular weight is 527 g/mol. The van der Waals surface area contributed by atoms with E-state index in [1.807, 2.05) is 29.2 Å². The first-order chi connectivity index (χ1) is 17.9. The van der Waals surface area contributed by atoms with E-state index in [0.29, 0.717) is 11.1 Å². The number of hydrogen-bond acceptors (Lipinski definition) is 5. The molecule has 2 aromatic carbocycles. The van der Waals surface area contributed by atoms with E-state index in [1.54, 1.807) is 12.3 Å². The zero-order valence-corrected chi connectivity index (χ0v) is 21.2. The number of nitrogens with two attached hydrogens (primary N) is 1. The number of nitrogen functional groups attached to an aromatic ring is 1. The van der Waals surface area contributed by atoms with E-state index in [-0.39, 0.29) is 40.7 Å². The average Bonchev–Trinajstić information content (AvgIpc) is 3.60. The number of nitrogens with zero attached hydrogens (tertiary/aromatic N) is 3. The molecule has 37 heavy (non-hydrogen) atoms. The number of anilines is 1. The fourth-order valence-electron chi connectivity index (χ4n) is 5.11. The molecule has 1 amide bonds. The van der Waals surface area contributed by atoms with E-state index < -0.39 is 11.6 Å². The minimum atomic E-state index is -0.729. The van der Waals surface area contributed by atoms with Crippen molar-refractivity contribution in [2.24, 2.45) is 0 Å². The number of rotatable bonds is 7. The third kappa shape index (κ3) is 5.55. The molecule has 1 atom stereocenters. The van der Waals surface area contributed by atoms with E-state index in [2.05, 4.69) is 9.88 Å². The summed E-state index contributed by atoms with van der Waals surface area (Å²) in [6, 6.07) is 11.3. The molecule has 9 heteroatoms. The Morgan fingerprint density at radius 1 is 1.03 bits per heavy atom. The summed E-state index contributed by atoms with van der Waals surface area (Å²) in [6.07, 6.45) is 6.16. The molecule has 2 N–H and O–H groups in total. The molecule has 1 aromatic heterocycles. The van der Waals surface area contributed by atoms with Gasteiger partial charge in [-0.15, -0.1) is 0 Å². The van der Waals surface area contributed by atoms with Gasteiger partial charge in [-0.1, -0.05) is 23.7 Å². The lowest BCUT2D eigenvalue weighted by Gasteiger charge is -2.28. The van der Waals surface area contributed by atoms with Crippen LogP contribution in [-0.4, -0.2) is 52.9 Å². The molecule has 0 aliphatic carbocycles. The monoisotopic (exact) mass is 526 g/mol. The van der Waals surface area contributed by atoms with Gasteiger partial charge in [0.05, 0.1) is 5.02 Å². The van der Waals surface area contributed by atoms with Gasteiger partial charge in [0, 0.05) is 42.0 Å². The van der Waals surface area contributed by atoms with Gasteiger partial charge in [0.2, 0.25) is 0 Å². The molecule has 0 spiro atoms. The summed E-state index contributed by atoms with van der Waals surface area (Å²) in [5, 5.41) is -0.330. The van der Waals surface area contributed by atoms with E-state index in [4.69, 9.17) is 22.1 Å². The summed E-state index contributed by atoms with van der Waals surface area (Å²) in [5.74, 6) is -1.01. The Bertz CT molecular complexity index is 1280. The zero-order chi connectivity index (χ0) is 25.9. The maximum atomic E-state index is 14.1. The predicted molar refractivity (Wildman–Crippen MR) is 140 cm³/mol. The van der Waals surface area contributed by atoms with Crippen molar-refractivity contribution in [2.45, 2.75) is 38.3 Å². The number of carbonyl (C=O) groups is 1. The molecule has 0 radical (unpaired) electrons. The van der Waals surface area contributed by atoms with Gasteiger partial charge >= 0.3 is 0 Å². The second-order valence-corrected chi connectivity index (χ2v) is 9.98. The second kappa shape index (κ2) is 11.0. The summed E-state index contributed by atoms with van der Waals surface area (Å²) in [7, 11) is 0. The maximum absolute atomic E-state index is 14.1. The van der Waals surface area contributed by atoms with Crippen LogP contribution in [0.5, 0.6) is 5.75 Å². The van der Waals surface area contributed by atoms with Crippen LogP contribution in [0, 0.1) is 11.6 Å². The number of halogens is 3. The molecule has 6 nitrogen and oxygen atoms in total. The highest BCUT2D eigenvalue weighted by molar-refractivity contribution is 6.31. The van der Waals surface area contributed by atoms with Crippen molar-refractivity contribution in [1.82, 2.24) is 14.8 Å². The highest BCUT2D eigenvalue weighted by Gasteiger charge is 2.31. The Kier molecular flexibility index (Phi) is 7.58. The molecule has 1 unspecified atom stereocenters. The van der Waals surface area contributed by atoms with Crippen molar-refractivity contribution in [1.29, 1.82) is 0 Å². The van der Waals surface area contributed by atoms with Crippen LogP contribution in [0.2, 0.25) is 5.02 Å². The first kappa shape index (κ1) is 25.4. The van der Waals surface area contributed by atoms with E-state index in [0.717, 1.165) is 56.7 Å². The highest BCUT2D eigenvalue weighted by atomic mass is 35.5. The summed E-state index contributed by atoms with van der Waals surface area (Å²) in [6.45, 7) is 3.68. The molecule has 2 saturated heterocycles. The van der Waals surface area contributed by atoms with Gasteiger partial charge < -0.3 is 20.3 Å². The number of likely N-dealkylation sites (tertiary alicyclic amines) is 2. The van der Waals surface area contributed by atoms with Crippen LogP contribution in [-0.2, 0) is 6.61 Å². The van der Waals surface area contributed by atoms with Gasteiger partial charge in [0.15, 0.2) is 11.6 Å². The molecule has 2 aliphatic heterocycles. The zero-order valence-electron chi connectivity index (χ0n) is 20.4. The summed E-state index contributed by atoms with van der Waals surface area (Å²) < 4.78 is 33.5. The number of pyridine rings is 1. The molecule has 3 heterocycles. The normalized spacial score (nSPS) is 17.9. The lowest BCUT2D eigenvalue weighted by Crippen LogP contribution is -2.42. The molecular weight excluding hydrogens is 498 g/mol. The summed E-state index contributed by atoms with van der Waals surface area (Å²) in [5.41, 5.74) is 8.03. The first-order valence-corrected chi connectivity index (χ1v) is 12.9. The third-order valence-corrected chi connectivity index (χ3v) is 7.57. The number of hydrogen-bond donors (Lipinski definition) is 1. The Morgan fingerprint density at radius 3 is 2.51 bits per heavy atom. The molecule has 2 aliphatic rings. The number of amides is 1. The first-order valence-electron chi connectivity index (χ1n) is 12.5. The van der Waals surface area contributed by atoms with Gasteiger partial charge in [-0.05, 0) is 74.7 Å². The minimum absolute atomic E-state index is 0.0571. The van der Waals surface area contributed by atoms with Crippen LogP contribution in [0.3, 0.4) is 0 Å². The minimum Gasteiger partial charge on any atom is -0.485 e. The molecule has 194 valence electrons. The number of aromatic nitrogens is 1. The Labute approximate surface area is 220 Å². The van der Waals surface area contributed by atoms with Crippen molar-refractivity contribution in [3.05, 3.63) is 76.4 Å². The van der Waals surface area contributed by atoms with Gasteiger partial charge in [0.1, 0.15) is 18.2 Å². The van der Waals surface area contributed by atoms with Crippen LogP contribution in [0.15, 0.2) is 48.7 Å². The molecule has 5 rings (SSSR count). The molecule has 0 bridgehead atoms. The molecule has 0 saturated carbocycles. The van der Waals surface area contributed by atoms with Crippen molar-refractivity contribution in [3.63, 3.8) is 0 Å². The van der Waals surface area contributed by atoms with Crippen LogP contribution in [0.1, 0.15) is 41.6 Å². The van der Waals surface area contributed by atoms with Gasteiger partial charge in [0.25, 0.3) is 5.91 Å². The lowest BCUT2D eigenvalue weighted by molar-refractivity contribution is 0.0709. The Balaban J connectivity index is 1.28. The van der Waals surface area contributed by atoms with Crippen LogP contribution >= 0.6 is 11.6 Å². The lowest BCUT2D eigenvalue weighted by atomic mass is 10.0. The summed E-state index contributed by atoms with van der Waals surface area (Å²) in [4.78, 5) is 21.9. The van der Waals surface area contributed by atoms with Crippen LogP contribution in [0.25, 0.3) is 11.1 Å². The van der Waals surface area contributed by atoms with E-state index in [1.165, 1.54) is 12.8 Å². The van der Waals surface area contributed by atoms with Crippen molar-refractivity contribution in [2.75, 3.05) is 31.9 Å². The third-order valence-electron chi connectivity index (χ3n) is 7.16. The van der Waals surface area contributed by atoms with Gasteiger partial charge in [-0.3, -0.25) is 4.79 Å². The van der Waals surface area contributed by atoms with Gasteiger partial charge in [-0.2, -0.15) is 0 Å². The smallest absolute Gasteiger partial charge is 0.254 e. The van der Waals surface area contributed by atoms with Crippen molar-refractivity contribution in [3.8, 4) is 16.9 Å². The largest absolute Gasteiger partial charge is 0.485 e. The van der Waals surface area contributed by atoms with Crippen LogP contribution < -0.4 is 10.5 Å². The Hall–Kier alpha value is -3.23. The number of ether oxygens (including phenoxy) is 1. The predicted octanol–water partition coefficient (Wildman–Crippen LogP) is 5.54. The number of benzene rings is 2. The van der Waals surface area contributed by atoms with E-state index in [9.17, 15) is 13.6 Å². The fourth-order valence-corrected chi connectivity index (χ4v) is 5.31. The van der Waals surface area contributed by atoms with Crippen molar-refractivity contribution >= 4 is 23.3 Å². The molecule has 2 fully saturated rings. The van der Waals surface area contributed by atoms with Crippen molar-refractivity contribution < 1.29 is 18.3 Å².